The number of nitrogens with one attached hydrogen (secondary N) is 1. The van der Waals surface area contributed by atoms with Gasteiger partial charge in [0.25, 0.3) is 0 Å². The molecule has 0 aliphatic heterocycles. The summed E-state index contributed by atoms with van der Waals surface area (Å²) < 4.78 is 25.9. The van der Waals surface area contributed by atoms with Crippen LogP contribution in [-0.4, -0.2) is 32.2 Å². The summed E-state index contributed by atoms with van der Waals surface area (Å²) in [5.74, 6) is -0.227. The van der Waals surface area contributed by atoms with Crippen molar-refractivity contribution in [3.8, 4) is 6.07 Å². The highest BCUT2D eigenvalue weighted by Gasteiger charge is 2.15. The molecule has 2 unspecified atom stereocenters. The maximum Gasteiger partial charge on any atom is 0.215 e. The molecule has 7 heteroatoms. The van der Waals surface area contributed by atoms with Gasteiger partial charge in [0.05, 0.1) is 23.5 Å². The van der Waals surface area contributed by atoms with E-state index in [0.29, 0.717) is 11.1 Å². The second kappa shape index (κ2) is 6.63. The number of aliphatic hydroxyl groups excluding tert-OH is 1. The fraction of sp³-hybridized carbons (Fsp3) is 0.417. The van der Waals surface area contributed by atoms with E-state index >= 15 is 0 Å². The van der Waals surface area contributed by atoms with Crippen LogP contribution in [0.1, 0.15) is 18.1 Å². The lowest BCUT2D eigenvalue weighted by atomic mass is 10.2. The standard InChI is InChI=1S/C12H17N3O3S/c1-9(16)12(14)7-15-19(17,18)8-11-4-2-3-10(5-11)6-13/h2-5,9,12,15-16H,7-8,14H2,1H3. The molecule has 0 aromatic heterocycles. The molecule has 0 heterocycles. The van der Waals surface area contributed by atoms with Gasteiger partial charge < -0.3 is 10.8 Å². The van der Waals surface area contributed by atoms with E-state index in [1.807, 2.05) is 6.07 Å². The number of hydrogen-bond donors (Lipinski definition) is 3. The Morgan fingerprint density at radius 2 is 2.21 bits per heavy atom. The molecule has 1 rings (SSSR count). The summed E-state index contributed by atoms with van der Waals surface area (Å²) in [6.45, 7) is 1.47. The third-order valence-electron chi connectivity index (χ3n) is 2.57. The van der Waals surface area contributed by atoms with E-state index < -0.39 is 22.2 Å². The molecule has 0 fully saturated rings. The van der Waals surface area contributed by atoms with Crippen LogP contribution >= 0.6 is 0 Å². The Hall–Kier alpha value is -1.46. The van der Waals surface area contributed by atoms with Crippen molar-refractivity contribution in [1.29, 1.82) is 5.26 Å². The van der Waals surface area contributed by atoms with Crippen molar-refractivity contribution < 1.29 is 13.5 Å². The van der Waals surface area contributed by atoms with E-state index in [-0.39, 0.29) is 12.3 Å². The fourth-order valence-electron chi connectivity index (χ4n) is 1.39. The monoisotopic (exact) mass is 283 g/mol. The molecule has 0 radical (unpaired) electrons. The first kappa shape index (κ1) is 15.6. The third kappa shape index (κ3) is 5.36. The predicted molar refractivity (Wildman–Crippen MR) is 71.4 cm³/mol. The summed E-state index contributed by atoms with van der Waals surface area (Å²) in [5, 5.41) is 17.9. The van der Waals surface area contributed by atoms with Crippen LogP contribution in [0.4, 0.5) is 0 Å². The van der Waals surface area contributed by atoms with Gasteiger partial charge in [-0.25, -0.2) is 13.1 Å². The molecule has 0 aliphatic rings. The number of nitriles is 1. The number of hydrogen-bond acceptors (Lipinski definition) is 5. The van der Waals surface area contributed by atoms with E-state index in [1.54, 1.807) is 18.2 Å². The molecule has 0 saturated carbocycles. The van der Waals surface area contributed by atoms with E-state index in [0.717, 1.165) is 0 Å². The van der Waals surface area contributed by atoms with Crippen molar-refractivity contribution in [3.63, 3.8) is 0 Å². The lowest BCUT2D eigenvalue weighted by Gasteiger charge is -2.15. The van der Waals surface area contributed by atoms with Crippen LogP contribution in [0.2, 0.25) is 0 Å². The summed E-state index contributed by atoms with van der Waals surface area (Å²) in [7, 11) is -3.54. The highest BCUT2D eigenvalue weighted by Crippen LogP contribution is 2.07. The van der Waals surface area contributed by atoms with Gasteiger partial charge in [-0.2, -0.15) is 5.26 Å². The normalized spacial score (nSPS) is 14.6. The number of nitrogens with zero attached hydrogens (tertiary/aromatic N) is 1. The van der Waals surface area contributed by atoms with E-state index in [1.165, 1.54) is 13.0 Å². The molecule has 1 aromatic rings. The predicted octanol–water partition coefficient (Wildman–Crippen LogP) is -0.314. The summed E-state index contributed by atoms with van der Waals surface area (Å²) >= 11 is 0. The number of rotatable bonds is 6. The molecular formula is C12H17N3O3S. The van der Waals surface area contributed by atoms with Crippen LogP contribution in [0.25, 0.3) is 0 Å². The van der Waals surface area contributed by atoms with Crippen molar-refractivity contribution >= 4 is 10.0 Å². The topological polar surface area (TPSA) is 116 Å². The number of nitrogens with two attached hydrogens (primary N) is 1. The van der Waals surface area contributed by atoms with Crippen LogP contribution in [0.5, 0.6) is 0 Å². The lowest BCUT2D eigenvalue weighted by Crippen LogP contribution is -2.43. The first-order valence-electron chi connectivity index (χ1n) is 5.74. The van der Waals surface area contributed by atoms with Gasteiger partial charge in [-0.15, -0.1) is 0 Å². The molecule has 4 N–H and O–H groups in total. The van der Waals surface area contributed by atoms with Crippen LogP contribution in [0.3, 0.4) is 0 Å². The summed E-state index contributed by atoms with van der Waals surface area (Å²) in [6.07, 6.45) is -0.787. The van der Waals surface area contributed by atoms with E-state index in [2.05, 4.69) is 4.72 Å². The Balaban J connectivity index is 2.67. The number of aliphatic hydroxyl groups is 1. The minimum Gasteiger partial charge on any atom is -0.392 e. The average Bonchev–Trinajstić information content (AvgIpc) is 2.35. The minimum atomic E-state index is -3.54. The van der Waals surface area contributed by atoms with Crippen LogP contribution in [0, 0.1) is 11.3 Å². The SMILES string of the molecule is CC(O)C(N)CNS(=O)(=O)Cc1cccc(C#N)c1. The molecule has 1 aromatic carbocycles. The Kier molecular flexibility index (Phi) is 5.44. The van der Waals surface area contributed by atoms with Crippen molar-refractivity contribution in [2.75, 3.05) is 6.54 Å². The summed E-state index contributed by atoms with van der Waals surface area (Å²) in [5.41, 5.74) is 6.48. The molecule has 0 aliphatic carbocycles. The second-order valence-electron chi connectivity index (χ2n) is 4.32. The third-order valence-corrected chi connectivity index (χ3v) is 3.89. The molecular weight excluding hydrogens is 266 g/mol. The van der Waals surface area contributed by atoms with Crippen LogP contribution in [-0.2, 0) is 15.8 Å². The Labute approximate surface area is 112 Å². The van der Waals surface area contributed by atoms with Crippen LogP contribution in [0.15, 0.2) is 24.3 Å². The Morgan fingerprint density at radius 3 is 2.79 bits per heavy atom. The number of sulfonamides is 1. The van der Waals surface area contributed by atoms with Gasteiger partial charge in [-0.3, -0.25) is 0 Å². The first-order valence-corrected chi connectivity index (χ1v) is 7.39. The average molecular weight is 283 g/mol. The van der Waals surface area contributed by atoms with Crippen molar-refractivity contribution in [3.05, 3.63) is 35.4 Å². The molecule has 6 nitrogen and oxygen atoms in total. The highest BCUT2D eigenvalue weighted by molar-refractivity contribution is 7.88. The van der Waals surface area contributed by atoms with Crippen LogP contribution < -0.4 is 10.5 Å². The molecule has 0 amide bonds. The fourth-order valence-corrected chi connectivity index (χ4v) is 2.56. The largest absolute Gasteiger partial charge is 0.392 e. The van der Waals surface area contributed by atoms with Gasteiger partial charge in [-0.1, -0.05) is 12.1 Å². The summed E-state index contributed by atoms with van der Waals surface area (Å²) in [4.78, 5) is 0. The van der Waals surface area contributed by atoms with E-state index in [9.17, 15) is 13.5 Å². The smallest absolute Gasteiger partial charge is 0.215 e. The lowest BCUT2D eigenvalue weighted by molar-refractivity contribution is 0.164. The highest BCUT2D eigenvalue weighted by atomic mass is 32.2. The molecule has 104 valence electrons. The zero-order valence-corrected chi connectivity index (χ0v) is 11.4. The quantitative estimate of drug-likeness (QED) is 0.662. The van der Waals surface area contributed by atoms with Gasteiger partial charge in [0.2, 0.25) is 10.0 Å². The van der Waals surface area contributed by atoms with Gasteiger partial charge in [0.1, 0.15) is 0 Å². The number of benzene rings is 1. The van der Waals surface area contributed by atoms with E-state index in [4.69, 9.17) is 11.0 Å². The van der Waals surface area contributed by atoms with Crippen molar-refractivity contribution in [1.82, 2.24) is 4.72 Å². The van der Waals surface area contributed by atoms with Gasteiger partial charge in [-0.05, 0) is 24.6 Å². The molecule has 0 spiro atoms. The first-order chi connectivity index (χ1) is 8.84. The maximum absolute atomic E-state index is 11.8. The van der Waals surface area contributed by atoms with Gasteiger partial charge in [0.15, 0.2) is 0 Å². The summed E-state index contributed by atoms with van der Waals surface area (Å²) in [6, 6.07) is 7.69. The Bertz CT molecular complexity index is 564. The zero-order valence-electron chi connectivity index (χ0n) is 10.6. The van der Waals surface area contributed by atoms with Crippen molar-refractivity contribution in [2.24, 2.45) is 5.73 Å². The van der Waals surface area contributed by atoms with Gasteiger partial charge in [0, 0.05) is 12.6 Å². The Morgan fingerprint density at radius 1 is 1.53 bits per heavy atom. The minimum absolute atomic E-state index is 0.0298. The maximum atomic E-state index is 11.8. The van der Waals surface area contributed by atoms with Crippen molar-refractivity contribution in [2.45, 2.75) is 24.8 Å². The van der Waals surface area contributed by atoms with Gasteiger partial charge >= 0.3 is 0 Å². The molecule has 2 atom stereocenters. The molecule has 0 saturated heterocycles. The second-order valence-corrected chi connectivity index (χ2v) is 6.13. The molecule has 0 bridgehead atoms. The zero-order chi connectivity index (χ0) is 14.5. The molecule has 19 heavy (non-hydrogen) atoms.